The number of rotatable bonds is 8. The van der Waals surface area contributed by atoms with E-state index in [2.05, 4.69) is 68.0 Å². The molecule has 10 heteroatoms. The summed E-state index contributed by atoms with van der Waals surface area (Å²) in [7, 11) is 3.86. The van der Waals surface area contributed by atoms with Crippen molar-refractivity contribution in [2.24, 2.45) is 5.41 Å². The lowest BCUT2D eigenvalue weighted by Gasteiger charge is -2.54. The number of anilines is 6. The SMILES string of the molecule is CNc1cc(Nc2ncc(Cl)c(Nc3ccccc3P(C)(C)=O)n2)ccc1N1CCC2(CC1)CC(N(C)C)C2. The minimum Gasteiger partial charge on any atom is -0.386 e. The highest BCUT2D eigenvalue weighted by Gasteiger charge is 2.46. The van der Waals surface area contributed by atoms with Crippen LogP contribution in [0.15, 0.2) is 48.7 Å². The third kappa shape index (κ3) is 6.03. The summed E-state index contributed by atoms with van der Waals surface area (Å²) in [6.07, 6.45) is 6.73. The third-order valence-electron chi connectivity index (χ3n) is 8.24. The Labute approximate surface area is 236 Å². The van der Waals surface area contributed by atoms with Crippen molar-refractivity contribution in [3.05, 3.63) is 53.7 Å². The number of aromatic nitrogens is 2. The molecule has 3 N–H and O–H groups in total. The van der Waals surface area contributed by atoms with Gasteiger partial charge in [-0.15, -0.1) is 0 Å². The molecule has 208 valence electrons. The molecular weight excluding hydrogens is 529 g/mol. The van der Waals surface area contributed by atoms with Gasteiger partial charge in [-0.25, -0.2) is 4.98 Å². The summed E-state index contributed by atoms with van der Waals surface area (Å²) in [4.78, 5) is 13.9. The van der Waals surface area contributed by atoms with Crippen LogP contribution in [-0.4, -0.2) is 68.5 Å². The second-order valence-electron chi connectivity index (χ2n) is 11.5. The first-order valence-corrected chi connectivity index (χ1v) is 16.5. The Bertz CT molecular complexity index is 1380. The van der Waals surface area contributed by atoms with Crippen LogP contribution in [-0.2, 0) is 4.57 Å². The van der Waals surface area contributed by atoms with Gasteiger partial charge in [0.25, 0.3) is 0 Å². The molecule has 0 bridgehead atoms. The van der Waals surface area contributed by atoms with Crippen molar-refractivity contribution in [1.82, 2.24) is 14.9 Å². The number of nitrogens with one attached hydrogen (secondary N) is 3. The maximum Gasteiger partial charge on any atom is 0.229 e. The molecule has 2 fully saturated rings. The van der Waals surface area contributed by atoms with Crippen LogP contribution >= 0.6 is 18.7 Å². The Morgan fingerprint density at radius 3 is 2.44 bits per heavy atom. The molecule has 0 amide bonds. The van der Waals surface area contributed by atoms with Crippen molar-refractivity contribution in [1.29, 1.82) is 0 Å². The molecule has 1 saturated carbocycles. The molecule has 8 nitrogen and oxygen atoms in total. The predicted molar refractivity (Wildman–Crippen MR) is 166 cm³/mol. The first-order chi connectivity index (χ1) is 18.6. The molecule has 0 atom stereocenters. The lowest BCUT2D eigenvalue weighted by molar-refractivity contribution is 0.00492. The zero-order valence-corrected chi connectivity index (χ0v) is 25.1. The molecule has 2 aliphatic rings. The fraction of sp³-hybridized carbons (Fsp3) is 0.448. The number of benzene rings is 2. The monoisotopic (exact) mass is 567 g/mol. The Kier molecular flexibility index (Phi) is 7.82. The van der Waals surface area contributed by atoms with Crippen molar-refractivity contribution in [2.75, 3.05) is 68.4 Å². The first-order valence-electron chi connectivity index (χ1n) is 13.5. The van der Waals surface area contributed by atoms with Crippen LogP contribution in [0.25, 0.3) is 0 Å². The summed E-state index contributed by atoms with van der Waals surface area (Å²) in [6.45, 7) is 5.67. The lowest BCUT2D eigenvalue weighted by atomic mass is 9.60. The summed E-state index contributed by atoms with van der Waals surface area (Å²) in [5, 5.41) is 11.1. The van der Waals surface area contributed by atoms with Gasteiger partial charge in [0.05, 0.1) is 23.3 Å². The zero-order valence-electron chi connectivity index (χ0n) is 23.5. The van der Waals surface area contributed by atoms with Gasteiger partial charge in [0, 0.05) is 37.2 Å². The van der Waals surface area contributed by atoms with E-state index < -0.39 is 7.14 Å². The van der Waals surface area contributed by atoms with E-state index in [0.717, 1.165) is 41.5 Å². The average molecular weight is 568 g/mol. The fourth-order valence-electron chi connectivity index (χ4n) is 5.85. The van der Waals surface area contributed by atoms with E-state index in [1.165, 1.54) is 31.4 Å². The second kappa shape index (κ2) is 11.0. The highest BCUT2D eigenvalue weighted by Crippen LogP contribution is 2.51. The van der Waals surface area contributed by atoms with E-state index in [4.69, 9.17) is 11.6 Å². The molecule has 1 aliphatic heterocycles. The van der Waals surface area contributed by atoms with Gasteiger partial charge in [0.1, 0.15) is 12.2 Å². The van der Waals surface area contributed by atoms with Crippen LogP contribution in [0.2, 0.25) is 5.02 Å². The van der Waals surface area contributed by atoms with Crippen molar-refractivity contribution in [3.8, 4) is 0 Å². The van der Waals surface area contributed by atoms with Crippen LogP contribution in [0.4, 0.5) is 34.5 Å². The highest BCUT2D eigenvalue weighted by atomic mass is 35.5. The molecule has 1 spiro atoms. The van der Waals surface area contributed by atoms with E-state index in [1.807, 2.05) is 31.3 Å². The van der Waals surface area contributed by atoms with Crippen LogP contribution in [0.1, 0.15) is 25.7 Å². The van der Waals surface area contributed by atoms with Gasteiger partial charge < -0.3 is 30.3 Å². The molecule has 2 heterocycles. The number of halogens is 1. The quantitative estimate of drug-likeness (QED) is 0.277. The summed E-state index contributed by atoms with van der Waals surface area (Å²) >= 11 is 6.43. The molecule has 5 rings (SSSR count). The van der Waals surface area contributed by atoms with Gasteiger partial charge in [-0.05, 0) is 88.9 Å². The van der Waals surface area contributed by atoms with Gasteiger partial charge >= 0.3 is 0 Å². The van der Waals surface area contributed by atoms with Crippen LogP contribution < -0.4 is 26.2 Å². The van der Waals surface area contributed by atoms with Gasteiger partial charge in [0.2, 0.25) is 5.95 Å². The van der Waals surface area contributed by atoms with E-state index in [9.17, 15) is 4.57 Å². The van der Waals surface area contributed by atoms with Crippen molar-refractivity contribution in [2.45, 2.75) is 31.7 Å². The summed E-state index contributed by atoms with van der Waals surface area (Å²) < 4.78 is 12.8. The molecule has 0 radical (unpaired) electrons. The molecule has 2 aromatic carbocycles. The van der Waals surface area contributed by atoms with Gasteiger partial charge in [0.15, 0.2) is 5.82 Å². The maximum absolute atomic E-state index is 12.8. The minimum atomic E-state index is -2.49. The third-order valence-corrected chi connectivity index (χ3v) is 10.1. The van der Waals surface area contributed by atoms with E-state index in [-0.39, 0.29) is 0 Å². The number of piperidine rings is 1. The minimum absolute atomic E-state index is 0.384. The van der Waals surface area contributed by atoms with E-state index >= 15 is 0 Å². The fourth-order valence-corrected chi connectivity index (χ4v) is 7.14. The molecule has 39 heavy (non-hydrogen) atoms. The molecular formula is C29H39ClN7OP. The molecule has 0 unspecified atom stereocenters. The second-order valence-corrected chi connectivity index (χ2v) is 15.1. The topological polar surface area (TPSA) is 85.4 Å². The molecule has 3 aromatic rings. The van der Waals surface area contributed by atoms with Crippen LogP contribution in [0.5, 0.6) is 0 Å². The first kappa shape index (κ1) is 27.8. The number of hydrogen-bond donors (Lipinski definition) is 3. The predicted octanol–water partition coefficient (Wildman–Crippen LogP) is 6.22. The highest BCUT2D eigenvalue weighted by molar-refractivity contribution is 7.70. The van der Waals surface area contributed by atoms with Gasteiger partial charge in [-0.2, -0.15) is 4.98 Å². The summed E-state index contributed by atoms with van der Waals surface area (Å²) in [5.74, 6) is 0.876. The Morgan fingerprint density at radius 1 is 1.05 bits per heavy atom. The van der Waals surface area contributed by atoms with Crippen molar-refractivity contribution < 1.29 is 4.57 Å². The Morgan fingerprint density at radius 2 is 1.77 bits per heavy atom. The van der Waals surface area contributed by atoms with Gasteiger partial charge in [-0.3, -0.25) is 0 Å². The Balaban J connectivity index is 1.29. The number of nitrogens with zero attached hydrogens (tertiary/aromatic N) is 4. The molecule has 1 aliphatic carbocycles. The van der Waals surface area contributed by atoms with Crippen molar-refractivity contribution >= 4 is 58.6 Å². The van der Waals surface area contributed by atoms with Crippen LogP contribution in [0, 0.1) is 5.41 Å². The molecule has 1 saturated heterocycles. The summed E-state index contributed by atoms with van der Waals surface area (Å²) in [6, 6.07) is 14.6. The molecule has 1 aromatic heterocycles. The lowest BCUT2D eigenvalue weighted by Crippen LogP contribution is -2.53. The summed E-state index contributed by atoms with van der Waals surface area (Å²) in [5.41, 5.74) is 4.43. The van der Waals surface area contributed by atoms with E-state index in [0.29, 0.717) is 22.2 Å². The largest absolute Gasteiger partial charge is 0.386 e. The van der Waals surface area contributed by atoms with Gasteiger partial charge in [-0.1, -0.05) is 23.7 Å². The maximum atomic E-state index is 12.8. The van der Waals surface area contributed by atoms with E-state index in [1.54, 1.807) is 19.5 Å². The number of para-hydroxylation sites is 1. The number of hydrogen-bond acceptors (Lipinski definition) is 8. The van der Waals surface area contributed by atoms with Crippen molar-refractivity contribution in [3.63, 3.8) is 0 Å². The average Bonchev–Trinajstić information content (AvgIpc) is 2.89. The van der Waals surface area contributed by atoms with Crippen LogP contribution in [0.3, 0.4) is 0 Å². The standard InChI is InChI=1S/C29H39ClN7OP/c1-31-24-16-20(10-11-25(24)37-14-12-29(13-15-37)17-21(18-29)36(2)3)33-28-32-19-22(30)27(35-28)34-23-8-6-7-9-26(23)39(4,5)38/h6-11,16,19,21,31H,12-15,17-18H2,1-5H3,(H2,32,33,34,35). The normalized spacial score (nSPS) is 17.3. The smallest absolute Gasteiger partial charge is 0.229 e. The Hall–Kier alpha value is -2.80. The zero-order chi connectivity index (χ0) is 27.8.